The maximum atomic E-state index is 10.8. The van der Waals surface area contributed by atoms with Gasteiger partial charge in [-0.15, -0.1) is 11.8 Å². The van der Waals surface area contributed by atoms with Gasteiger partial charge in [-0.3, -0.25) is 4.79 Å². The number of carboxylic acid groups (broad SMARTS) is 1. The molecule has 16 heavy (non-hydrogen) atoms. The number of aryl methyl sites for hydroxylation is 1. The fraction of sp³-hybridized carbons (Fsp3) is 0.417. The predicted molar refractivity (Wildman–Crippen MR) is 67.7 cm³/mol. The van der Waals surface area contributed by atoms with Gasteiger partial charge in [0.25, 0.3) is 0 Å². The van der Waals surface area contributed by atoms with Gasteiger partial charge in [0.1, 0.15) is 0 Å². The molecule has 3 nitrogen and oxygen atoms in total. The zero-order valence-electron chi connectivity index (χ0n) is 9.73. The van der Waals surface area contributed by atoms with Crippen LogP contribution in [0.1, 0.15) is 19.4 Å². The molecule has 0 heterocycles. The van der Waals surface area contributed by atoms with E-state index in [0.717, 1.165) is 10.5 Å². The first-order chi connectivity index (χ1) is 7.41. The summed E-state index contributed by atoms with van der Waals surface area (Å²) in [7, 11) is 0. The number of nitrogens with two attached hydrogens (primary N) is 1. The molecule has 0 bridgehead atoms. The van der Waals surface area contributed by atoms with E-state index in [1.807, 2.05) is 32.0 Å². The molecule has 1 aromatic carbocycles. The lowest BCUT2D eigenvalue weighted by molar-refractivity contribution is -0.140. The van der Waals surface area contributed by atoms with Gasteiger partial charge in [0, 0.05) is 15.8 Å². The molecular weight excluding hydrogens is 222 g/mol. The summed E-state index contributed by atoms with van der Waals surface area (Å²) in [4.78, 5) is 11.8. The van der Waals surface area contributed by atoms with Gasteiger partial charge in [-0.1, -0.05) is 19.9 Å². The van der Waals surface area contributed by atoms with Crippen LogP contribution in [0, 0.1) is 12.8 Å². The molecule has 0 radical (unpaired) electrons. The molecule has 1 rings (SSSR count). The Balaban J connectivity index is 2.80. The van der Waals surface area contributed by atoms with Gasteiger partial charge in [-0.2, -0.15) is 0 Å². The van der Waals surface area contributed by atoms with Crippen LogP contribution in [0.2, 0.25) is 0 Å². The molecular formula is C12H17NO2S. The molecule has 4 heteroatoms. The second-order valence-corrected chi connectivity index (χ2v) is 5.41. The van der Waals surface area contributed by atoms with Gasteiger partial charge in [-0.25, -0.2) is 0 Å². The van der Waals surface area contributed by atoms with Crippen LogP contribution in [0.3, 0.4) is 0 Å². The normalized spacial score (nSPS) is 14.4. The molecule has 2 unspecified atom stereocenters. The van der Waals surface area contributed by atoms with Crippen molar-refractivity contribution in [3.05, 3.63) is 23.8 Å². The molecule has 0 saturated carbocycles. The van der Waals surface area contributed by atoms with E-state index in [9.17, 15) is 4.79 Å². The molecule has 0 amide bonds. The Bertz CT molecular complexity index is 393. The van der Waals surface area contributed by atoms with Crippen LogP contribution < -0.4 is 5.73 Å². The van der Waals surface area contributed by atoms with Crippen molar-refractivity contribution in [1.82, 2.24) is 0 Å². The van der Waals surface area contributed by atoms with Crippen molar-refractivity contribution in [3.63, 3.8) is 0 Å². The first-order valence-electron chi connectivity index (χ1n) is 5.17. The number of aliphatic carboxylic acids is 1. The standard InChI is InChI=1S/C12H17NO2S/c1-7-4-5-10(13)11(6-7)16-9(3)8(2)12(14)15/h4-6,8-9H,13H2,1-3H3,(H,14,15). The van der Waals surface area contributed by atoms with Gasteiger partial charge in [0.15, 0.2) is 0 Å². The topological polar surface area (TPSA) is 63.3 Å². The molecule has 0 saturated heterocycles. The van der Waals surface area contributed by atoms with E-state index in [4.69, 9.17) is 10.8 Å². The van der Waals surface area contributed by atoms with E-state index in [1.165, 1.54) is 11.8 Å². The maximum Gasteiger partial charge on any atom is 0.307 e. The molecule has 0 aliphatic heterocycles. The Hall–Kier alpha value is -1.16. The quantitative estimate of drug-likeness (QED) is 0.626. The molecule has 0 fully saturated rings. The highest BCUT2D eigenvalue weighted by Crippen LogP contribution is 2.32. The summed E-state index contributed by atoms with van der Waals surface area (Å²) in [5.74, 6) is -1.16. The number of thioether (sulfide) groups is 1. The highest BCUT2D eigenvalue weighted by atomic mass is 32.2. The molecule has 0 spiro atoms. The molecule has 2 atom stereocenters. The van der Waals surface area contributed by atoms with Gasteiger partial charge in [0.2, 0.25) is 0 Å². The van der Waals surface area contributed by atoms with Crippen molar-refractivity contribution in [1.29, 1.82) is 0 Å². The Morgan fingerprint density at radius 1 is 1.44 bits per heavy atom. The Morgan fingerprint density at radius 3 is 2.62 bits per heavy atom. The summed E-state index contributed by atoms with van der Waals surface area (Å²) in [6, 6.07) is 5.80. The lowest BCUT2D eigenvalue weighted by Gasteiger charge is -2.16. The van der Waals surface area contributed by atoms with E-state index in [-0.39, 0.29) is 11.2 Å². The Labute approximate surface area is 100 Å². The second-order valence-electron chi connectivity index (χ2n) is 3.99. The van der Waals surface area contributed by atoms with Gasteiger partial charge in [0.05, 0.1) is 5.92 Å². The first-order valence-corrected chi connectivity index (χ1v) is 6.05. The Kier molecular flexibility index (Phi) is 4.24. The molecule has 3 N–H and O–H groups in total. The maximum absolute atomic E-state index is 10.8. The minimum Gasteiger partial charge on any atom is -0.481 e. The summed E-state index contributed by atoms with van der Waals surface area (Å²) in [6.45, 7) is 5.62. The fourth-order valence-electron chi connectivity index (χ4n) is 1.25. The lowest BCUT2D eigenvalue weighted by Crippen LogP contribution is -2.20. The third kappa shape index (κ3) is 3.17. The number of benzene rings is 1. The Morgan fingerprint density at radius 2 is 2.06 bits per heavy atom. The summed E-state index contributed by atoms with van der Waals surface area (Å²) in [6.07, 6.45) is 0. The largest absolute Gasteiger partial charge is 0.481 e. The van der Waals surface area contributed by atoms with E-state index in [0.29, 0.717) is 5.69 Å². The van der Waals surface area contributed by atoms with Crippen molar-refractivity contribution in [3.8, 4) is 0 Å². The highest BCUT2D eigenvalue weighted by molar-refractivity contribution is 8.00. The van der Waals surface area contributed by atoms with Gasteiger partial charge in [-0.05, 0) is 24.6 Å². The van der Waals surface area contributed by atoms with Crippen LogP contribution in [0.25, 0.3) is 0 Å². The summed E-state index contributed by atoms with van der Waals surface area (Å²) in [5, 5.41) is 8.91. The molecule has 88 valence electrons. The van der Waals surface area contributed by atoms with Crippen LogP contribution in [0.4, 0.5) is 5.69 Å². The lowest BCUT2D eigenvalue weighted by atomic mass is 10.1. The predicted octanol–water partition coefficient (Wildman–Crippen LogP) is 2.78. The van der Waals surface area contributed by atoms with Crippen LogP contribution in [0.5, 0.6) is 0 Å². The number of nitrogen functional groups attached to an aromatic ring is 1. The van der Waals surface area contributed by atoms with Crippen molar-refractivity contribution in [2.45, 2.75) is 30.9 Å². The molecule has 0 aliphatic carbocycles. The number of hydrogen-bond donors (Lipinski definition) is 2. The number of hydrogen-bond acceptors (Lipinski definition) is 3. The summed E-state index contributed by atoms with van der Waals surface area (Å²) >= 11 is 1.51. The third-order valence-corrected chi connectivity index (χ3v) is 3.96. The minimum absolute atomic E-state index is 0.00148. The first kappa shape index (κ1) is 12.9. The summed E-state index contributed by atoms with van der Waals surface area (Å²) in [5.41, 5.74) is 7.69. The minimum atomic E-state index is -0.772. The van der Waals surface area contributed by atoms with E-state index >= 15 is 0 Å². The van der Waals surface area contributed by atoms with E-state index in [2.05, 4.69) is 0 Å². The average Bonchev–Trinajstić information content (AvgIpc) is 2.22. The average molecular weight is 239 g/mol. The zero-order valence-corrected chi connectivity index (χ0v) is 10.5. The van der Waals surface area contributed by atoms with Gasteiger partial charge < -0.3 is 10.8 Å². The van der Waals surface area contributed by atoms with Gasteiger partial charge >= 0.3 is 5.97 Å². The molecule has 0 aliphatic rings. The SMILES string of the molecule is Cc1ccc(N)c(SC(C)C(C)C(=O)O)c1. The fourth-order valence-corrected chi connectivity index (χ4v) is 2.43. The van der Waals surface area contributed by atoms with Crippen molar-refractivity contribution in [2.24, 2.45) is 5.92 Å². The second kappa shape index (κ2) is 5.25. The third-order valence-electron chi connectivity index (χ3n) is 2.58. The van der Waals surface area contributed by atoms with Crippen molar-refractivity contribution in [2.75, 3.05) is 5.73 Å². The molecule has 1 aromatic rings. The van der Waals surface area contributed by atoms with Crippen LogP contribution in [-0.4, -0.2) is 16.3 Å². The van der Waals surface area contributed by atoms with E-state index in [1.54, 1.807) is 6.92 Å². The molecule has 0 aromatic heterocycles. The van der Waals surface area contributed by atoms with Crippen LogP contribution >= 0.6 is 11.8 Å². The smallest absolute Gasteiger partial charge is 0.307 e. The highest BCUT2D eigenvalue weighted by Gasteiger charge is 2.20. The van der Waals surface area contributed by atoms with Crippen LogP contribution in [0.15, 0.2) is 23.1 Å². The zero-order chi connectivity index (χ0) is 12.3. The van der Waals surface area contributed by atoms with Crippen molar-refractivity contribution < 1.29 is 9.90 Å². The summed E-state index contributed by atoms with van der Waals surface area (Å²) < 4.78 is 0. The monoisotopic (exact) mass is 239 g/mol. The number of carboxylic acids is 1. The number of rotatable bonds is 4. The van der Waals surface area contributed by atoms with E-state index < -0.39 is 5.97 Å². The van der Waals surface area contributed by atoms with Crippen molar-refractivity contribution >= 4 is 23.4 Å². The van der Waals surface area contributed by atoms with Crippen LogP contribution in [-0.2, 0) is 4.79 Å². The number of carbonyl (C=O) groups is 1. The number of anilines is 1.